The van der Waals surface area contributed by atoms with Crippen LogP contribution in [0, 0.1) is 0 Å². The smallest absolute Gasteiger partial charge is 0.191 e. The molecule has 28 heavy (non-hydrogen) atoms. The molecule has 0 fully saturated rings. The minimum absolute atomic E-state index is 0.627. The molecule has 0 saturated carbocycles. The zero-order chi connectivity index (χ0) is 20.0. The molecule has 0 unspecified atom stereocenters. The highest BCUT2D eigenvalue weighted by molar-refractivity contribution is 5.79. The Kier molecular flexibility index (Phi) is 10.3. The average Bonchev–Trinajstić information content (AvgIpc) is 2.71. The van der Waals surface area contributed by atoms with Gasteiger partial charge in [-0.05, 0) is 57.7 Å². The van der Waals surface area contributed by atoms with Crippen LogP contribution in [0.3, 0.4) is 0 Å². The first kappa shape index (κ1) is 22.1. The van der Waals surface area contributed by atoms with E-state index in [1.165, 1.54) is 11.1 Å². The molecule has 1 aliphatic heterocycles. The Balaban J connectivity index is 1.84. The van der Waals surface area contributed by atoms with E-state index in [0.717, 1.165) is 69.6 Å². The Morgan fingerprint density at radius 2 is 1.89 bits per heavy atom. The van der Waals surface area contributed by atoms with E-state index < -0.39 is 0 Å². The third kappa shape index (κ3) is 7.80. The number of benzene rings is 1. The van der Waals surface area contributed by atoms with Crippen molar-refractivity contribution >= 4 is 5.96 Å². The summed E-state index contributed by atoms with van der Waals surface area (Å²) >= 11 is 0. The van der Waals surface area contributed by atoms with Crippen LogP contribution in [0.25, 0.3) is 0 Å². The van der Waals surface area contributed by atoms with Crippen LogP contribution in [0.5, 0.6) is 11.5 Å². The van der Waals surface area contributed by atoms with Gasteiger partial charge in [0.15, 0.2) is 17.5 Å². The standard InChI is InChI=1S/C22H35N3O3/c1-4-23-22(24-13-9-18-11-15-26-16-12-18)25-14-10-19-7-8-20(27-5-2)21(17-19)28-6-3/h7-8,11,17H,4-6,9-10,12-16H2,1-3H3,(H2,23,24,25). The lowest BCUT2D eigenvalue weighted by Crippen LogP contribution is -2.38. The molecular formula is C22H35N3O3. The third-order valence-corrected chi connectivity index (χ3v) is 4.42. The summed E-state index contributed by atoms with van der Waals surface area (Å²) < 4.78 is 16.7. The summed E-state index contributed by atoms with van der Waals surface area (Å²) in [5.74, 6) is 2.48. The molecule has 0 atom stereocenters. The van der Waals surface area contributed by atoms with Crippen LogP contribution in [0.4, 0.5) is 0 Å². The Hall–Kier alpha value is -2.21. The van der Waals surface area contributed by atoms with Gasteiger partial charge >= 0.3 is 0 Å². The summed E-state index contributed by atoms with van der Waals surface area (Å²) in [4.78, 5) is 4.69. The number of hydrogen-bond donors (Lipinski definition) is 2. The molecule has 2 N–H and O–H groups in total. The zero-order valence-corrected chi connectivity index (χ0v) is 17.6. The number of nitrogens with zero attached hydrogens (tertiary/aromatic N) is 1. The molecule has 1 aromatic carbocycles. The summed E-state index contributed by atoms with van der Waals surface area (Å²) in [7, 11) is 0. The van der Waals surface area contributed by atoms with Crippen molar-refractivity contribution in [2.24, 2.45) is 4.99 Å². The molecule has 1 heterocycles. The highest BCUT2D eigenvalue weighted by Gasteiger charge is 2.07. The van der Waals surface area contributed by atoms with Crippen molar-refractivity contribution in [2.45, 2.75) is 40.0 Å². The van der Waals surface area contributed by atoms with E-state index in [4.69, 9.17) is 19.2 Å². The van der Waals surface area contributed by atoms with Crippen molar-refractivity contribution in [1.29, 1.82) is 0 Å². The van der Waals surface area contributed by atoms with Crippen molar-refractivity contribution in [1.82, 2.24) is 10.6 Å². The quantitative estimate of drug-likeness (QED) is 0.345. The highest BCUT2D eigenvalue weighted by Crippen LogP contribution is 2.28. The first-order chi connectivity index (χ1) is 13.8. The summed E-state index contributed by atoms with van der Waals surface area (Å²) in [6.45, 7) is 11.3. The maximum atomic E-state index is 5.71. The first-order valence-corrected chi connectivity index (χ1v) is 10.4. The molecule has 1 aromatic rings. The molecule has 1 aliphatic rings. The number of guanidine groups is 1. The summed E-state index contributed by atoms with van der Waals surface area (Å²) in [6, 6.07) is 6.15. The molecule has 0 aromatic heterocycles. The van der Waals surface area contributed by atoms with Crippen molar-refractivity contribution in [3.05, 3.63) is 35.4 Å². The Bertz CT molecular complexity index is 644. The lowest BCUT2D eigenvalue weighted by molar-refractivity contribution is 0.153. The maximum absolute atomic E-state index is 5.71. The number of ether oxygens (including phenoxy) is 3. The highest BCUT2D eigenvalue weighted by atomic mass is 16.5. The van der Waals surface area contributed by atoms with Crippen molar-refractivity contribution in [2.75, 3.05) is 46.1 Å². The maximum Gasteiger partial charge on any atom is 0.191 e. The van der Waals surface area contributed by atoms with Crippen LogP contribution in [-0.4, -0.2) is 52.0 Å². The Morgan fingerprint density at radius 3 is 2.61 bits per heavy atom. The van der Waals surface area contributed by atoms with Crippen LogP contribution in [0.2, 0.25) is 0 Å². The molecule has 2 rings (SSSR count). The monoisotopic (exact) mass is 389 g/mol. The van der Waals surface area contributed by atoms with Gasteiger partial charge in [-0.15, -0.1) is 0 Å². The Labute approximate surface area is 169 Å². The van der Waals surface area contributed by atoms with Gasteiger partial charge in [-0.25, -0.2) is 0 Å². The predicted octanol–water partition coefficient (Wildman–Crippen LogP) is 3.32. The second-order valence-electron chi connectivity index (χ2n) is 6.52. The van der Waals surface area contributed by atoms with Gasteiger partial charge in [0, 0.05) is 19.6 Å². The van der Waals surface area contributed by atoms with E-state index in [-0.39, 0.29) is 0 Å². The van der Waals surface area contributed by atoms with Gasteiger partial charge in [-0.1, -0.05) is 17.7 Å². The van der Waals surface area contributed by atoms with Gasteiger partial charge in [0.1, 0.15) is 0 Å². The topological polar surface area (TPSA) is 64.1 Å². The minimum Gasteiger partial charge on any atom is -0.490 e. The van der Waals surface area contributed by atoms with Gasteiger partial charge in [0.2, 0.25) is 0 Å². The lowest BCUT2D eigenvalue weighted by Gasteiger charge is -2.15. The molecule has 0 aliphatic carbocycles. The SMILES string of the molecule is CCNC(=NCCC1=CCOCC1)NCCc1ccc(OCC)c(OCC)c1. The lowest BCUT2D eigenvalue weighted by atomic mass is 10.1. The van der Waals surface area contributed by atoms with Gasteiger partial charge in [-0.2, -0.15) is 0 Å². The second-order valence-corrected chi connectivity index (χ2v) is 6.52. The molecule has 0 saturated heterocycles. The normalized spacial score (nSPS) is 14.4. The van der Waals surface area contributed by atoms with E-state index in [1.54, 1.807) is 0 Å². The molecule has 6 nitrogen and oxygen atoms in total. The first-order valence-electron chi connectivity index (χ1n) is 10.4. The Morgan fingerprint density at radius 1 is 1.07 bits per heavy atom. The molecule has 156 valence electrons. The van der Waals surface area contributed by atoms with Gasteiger partial charge in [-0.3, -0.25) is 4.99 Å². The van der Waals surface area contributed by atoms with Gasteiger partial charge in [0.05, 0.1) is 26.4 Å². The van der Waals surface area contributed by atoms with E-state index in [9.17, 15) is 0 Å². The molecule has 0 radical (unpaired) electrons. The van der Waals surface area contributed by atoms with Crippen molar-refractivity contribution in [3.63, 3.8) is 0 Å². The number of aliphatic imine (C=N–C) groups is 1. The summed E-state index contributed by atoms with van der Waals surface area (Å²) in [6.07, 6.45) is 5.09. The fourth-order valence-electron chi connectivity index (χ4n) is 3.02. The summed E-state index contributed by atoms with van der Waals surface area (Å²) in [5, 5.41) is 6.73. The fraction of sp³-hybridized carbons (Fsp3) is 0.591. The van der Waals surface area contributed by atoms with E-state index in [1.807, 2.05) is 19.9 Å². The van der Waals surface area contributed by atoms with E-state index in [0.29, 0.717) is 13.2 Å². The largest absolute Gasteiger partial charge is 0.490 e. The molecular weight excluding hydrogens is 354 g/mol. The fourth-order valence-corrected chi connectivity index (χ4v) is 3.02. The summed E-state index contributed by atoms with van der Waals surface area (Å²) in [5.41, 5.74) is 2.66. The molecule has 0 amide bonds. The molecule has 0 bridgehead atoms. The number of nitrogens with one attached hydrogen (secondary N) is 2. The van der Waals surface area contributed by atoms with Gasteiger partial charge < -0.3 is 24.8 Å². The average molecular weight is 390 g/mol. The third-order valence-electron chi connectivity index (χ3n) is 4.42. The second kappa shape index (κ2) is 13.0. The predicted molar refractivity (Wildman–Crippen MR) is 115 cm³/mol. The molecule has 6 heteroatoms. The van der Waals surface area contributed by atoms with E-state index >= 15 is 0 Å². The van der Waals surface area contributed by atoms with Crippen LogP contribution >= 0.6 is 0 Å². The number of rotatable bonds is 11. The zero-order valence-electron chi connectivity index (χ0n) is 17.6. The molecule has 0 spiro atoms. The van der Waals surface area contributed by atoms with Crippen molar-refractivity contribution in [3.8, 4) is 11.5 Å². The van der Waals surface area contributed by atoms with Crippen LogP contribution in [0.15, 0.2) is 34.8 Å². The van der Waals surface area contributed by atoms with Crippen molar-refractivity contribution < 1.29 is 14.2 Å². The van der Waals surface area contributed by atoms with Crippen LogP contribution in [0.1, 0.15) is 39.2 Å². The number of hydrogen-bond acceptors (Lipinski definition) is 4. The van der Waals surface area contributed by atoms with Crippen LogP contribution in [-0.2, 0) is 11.2 Å². The minimum atomic E-state index is 0.627. The van der Waals surface area contributed by atoms with Crippen LogP contribution < -0.4 is 20.1 Å². The van der Waals surface area contributed by atoms with Gasteiger partial charge in [0.25, 0.3) is 0 Å². The van der Waals surface area contributed by atoms with E-state index in [2.05, 4.69) is 35.8 Å².